The van der Waals surface area contributed by atoms with E-state index in [-0.39, 0.29) is 24.2 Å². The predicted octanol–water partition coefficient (Wildman–Crippen LogP) is 2.30. The van der Waals surface area contributed by atoms with Gasteiger partial charge in [0.25, 0.3) is 0 Å². The lowest BCUT2D eigenvalue weighted by Gasteiger charge is -2.10. The summed E-state index contributed by atoms with van der Waals surface area (Å²) in [6.45, 7) is 5.55. The number of carbonyl (C=O) groups excluding carboxylic acids is 1. The van der Waals surface area contributed by atoms with Gasteiger partial charge >= 0.3 is 5.97 Å². The largest absolute Gasteiger partial charge is 0.508 e. The van der Waals surface area contributed by atoms with Gasteiger partial charge in [0, 0.05) is 0 Å². The second kappa shape index (κ2) is 5.95. The molecule has 0 aliphatic carbocycles. The van der Waals surface area contributed by atoms with Crippen molar-refractivity contribution >= 4 is 5.97 Å². The summed E-state index contributed by atoms with van der Waals surface area (Å²) in [4.78, 5) is 11.5. The van der Waals surface area contributed by atoms with E-state index in [1.54, 1.807) is 30.3 Å². The van der Waals surface area contributed by atoms with Crippen LogP contribution in [0.2, 0.25) is 0 Å². The van der Waals surface area contributed by atoms with Gasteiger partial charge in [0.05, 0.1) is 5.92 Å². The molecule has 0 aromatic heterocycles. The Bertz CT molecular complexity index is 354. The number of hydrogen-bond acceptors (Lipinski definition) is 3. The van der Waals surface area contributed by atoms with E-state index >= 15 is 0 Å². The van der Waals surface area contributed by atoms with Crippen LogP contribution < -0.4 is 0 Å². The van der Waals surface area contributed by atoms with Crippen molar-refractivity contribution in [3.8, 4) is 5.75 Å². The van der Waals surface area contributed by atoms with Crippen LogP contribution in [0.1, 0.15) is 12.5 Å². The van der Waals surface area contributed by atoms with Gasteiger partial charge in [-0.05, 0) is 24.1 Å². The van der Waals surface area contributed by atoms with Crippen molar-refractivity contribution < 1.29 is 14.6 Å². The van der Waals surface area contributed by atoms with Gasteiger partial charge in [-0.3, -0.25) is 4.79 Å². The fourth-order valence-electron chi connectivity index (χ4n) is 1.35. The van der Waals surface area contributed by atoms with Gasteiger partial charge in [-0.2, -0.15) is 0 Å². The fourth-order valence-corrected chi connectivity index (χ4v) is 1.35. The zero-order valence-corrected chi connectivity index (χ0v) is 9.35. The number of carbonyl (C=O) groups is 1. The molecule has 0 radical (unpaired) electrons. The molecule has 1 aromatic carbocycles. The minimum Gasteiger partial charge on any atom is -0.508 e. The van der Waals surface area contributed by atoms with Crippen molar-refractivity contribution in [2.75, 3.05) is 6.61 Å². The lowest BCUT2D eigenvalue weighted by molar-refractivity contribution is -0.146. The molecule has 0 amide bonds. The summed E-state index contributed by atoms with van der Waals surface area (Å²) >= 11 is 0. The highest BCUT2D eigenvalue weighted by Crippen LogP contribution is 2.14. The SMILES string of the molecule is C=CCOC(=O)[C@@H](C)Cc1ccc(O)cc1. The van der Waals surface area contributed by atoms with E-state index in [2.05, 4.69) is 6.58 Å². The van der Waals surface area contributed by atoms with Gasteiger partial charge in [-0.15, -0.1) is 0 Å². The highest BCUT2D eigenvalue weighted by atomic mass is 16.5. The van der Waals surface area contributed by atoms with Crippen LogP contribution in [0.25, 0.3) is 0 Å². The lowest BCUT2D eigenvalue weighted by Crippen LogP contribution is -2.17. The molecule has 3 nitrogen and oxygen atoms in total. The summed E-state index contributed by atoms with van der Waals surface area (Å²) in [6, 6.07) is 6.81. The maximum absolute atomic E-state index is 11.5. The first-order chi connectivity index (χ1) is 7.63. The molecule has 1 atom stereocenters. The number of hydrogen-bond donors (Lipinski definition) is 1. The van der Waals surface area contributed by atoms with Crippen LogP contribution in [0.5, 0.6) is 5.75 Å². The summed E-state index contributed by atoms with van der Waals surface area (Å²) in [6.07, 6.45) is 2.15. The highest BCUT2D eigenvalue weighted by Gasteiger charge is 2.14. The second-order valence-corrected chi connectivity index (χ2v) is 3.69. The molecule has 0 heterocycles. The first kappa shape index (κ1) is 12.3. The van der Waals surface area contributed by atoms with Crippen LogP contribution >= 0.6 is 0 Å². The Kier molecular flexibility index (Phi) is 4.58. The highest BCUT2D eigenvalue weighted by molar-refractivity contribution is 5.72. The Hall–Kier alpha value is -1.77. The Labute approximate surface area is 95.4 Å². The zero-order valence-electron chi connectivity index (χ0n) is 9.35. The molecule has 16 heavy (non-hydrogen) atoms. The molecule has 0 aliphatic rings. The van der Waals surface area contributed by atoms with Gasteiger partial charge in [-0.1, -0.05) is 31.7 Å². The third kappa shape index (κ3) is 3.77. The molecule has 86 valence electrons. The molecule has 0 saturated carbocycles. The number of esters is 1. The molecule has 0 unspecified atom stereocenters. The molecule has 1 aromatic rings. The summed E-state index contributed by atoms with van der Waals surface area (Å²) in [5.41, 5.74) is 1.00. The molecule has 1 N–H and O–H groups in total. The maximum atomic E-state index is 11.5. The van der Waals surface area contributed by atoms with Crippen LogP contribution in [0.4, 0.5) is 0 Å². The van der Waals surface area contributed by atoms with Crippen molar-refractivity contribution in [3.05, 3.63) is 42.5 Å². The Morgan fingerprint density at radius 1 is 1.50 bits per heavy atom. The summed E-state index contributed by atoms with van der Waals surface area (Å²) < 4.78 is 4.94. The Morgan fingerprint density at radius 3 is 2.69 bits per heavy atom. The molecule has 0 aliphatic heterocycles. The monoisotopic (exact) mass is 220 g/mol. The summed E-state index contributed by atoms with van der Waals surface area (Å²) in [7, 11) is 0. The van der Waals surface area contributed by atoms with Gasteiger partial charge in [0.15, 0.2) is 0 Å². The summed E-state index contributed by atoms with van der Waals surface area (Å²) in [5.74, 6) is -0.192. The van der Waals surface area contributed by atoms with Crippen LogP contribution in [0, 0.1) is 5.92 Å². The van der Waals surface area contributed by atoms with Gasteiger partial charge in [0.2, 0.25) is 0 Å². The van der Waals surface area contributed by atoms with Crippen molar-refractivity contribution in [1.82, 2.24) is 0 Å². The third-order valence-electron chi connectivity index (χ3n) is 2.22. The number of ether oxygens (including phenoxy) is 1. The van der Waals surface area contributed by atoms with Gasteiger partial charge in [-0.25, -0.2) is 0 Å². The topological polar surface area (TPSA) is 46.5 Å². The number of phenols is 1. The van der Waals surface area contributed by atoms with E-state index < -0.39 is 0 Å². The van der Waals surface area contributed by atoms with Crippen molar-refractivity contribution in [2.24, 2.45) is 5.92 Å². The molecule has 0 spiro atoms. The number of aromatic hydroxyl groups is 1. The lowest BCUT2D eigenvalue weighted by atomic mass is 10.0. The molecular weight excluding hydrogens is 204 g/mol. The van der Waals surface area contributed by atoms with E-state index in [9.17, 15) is 4.79 Å². The minimum absolute atomic E-state index is 0.190. The number of benzene rings is 1. The van der Waals surface area contributed by atoms with Crippen LogP contribution in [-0.4, -0.2) is 17.7 Å². The minimum atomic E-state index is -0.229. The standard InChI is InChI=1S/C13H16O3/c1-3-8-16-13(15)10(2)9-11-4-6-12(14)7-5-11/h3-7,10,14H,1,8-9H2,2H3/t10-/m0/s1. The predicted molar refractivity (Wildman–Crippen MR) is 62.1 cm³/mol. The average Bonchev–Trinajstić information content (AvgIpc) is 2.29. The van der Waals surface area contributed by atoms with E-state index in [1.807, 2.05) is 6.92 Å². The quantitative estimate of drug-likeness (QED) is 0.611. The first-order valence-electron chi connectivity index (χ1n) is 5.19. The van der Waals surface area contributed by atoms with Crippen LogP contribution in [-0.2, 0) is 16.0 Å². The number of phenolic OH excluding ortho intramolecular Hbond substituents is 1. The van der Waals surface area contributed by atoms with Crippen molar-refractivity contribution in [2.45, 2.75) is 13.3 Å². The third-order valence-corrected chi connectivity index (χ3v) is 2.22. The molecule has 3 heteroatoms. The van der Waals surface area contributed by atoms with E-state index in [0.717, 1.165) is 5.56 Å². The van der Waals surface area contributed by atoms with Gasteiger partial charge in [0.1, 0.15) is 12.4 Å². The Morgan fingerprint density at radius 2 is 2.12 bits per heavy atom. The van der Waals surface area contributed by atoms with E-state index in [4.69, 9.17) is 9.84 Å². The van der Waals surface area contributed by atoms with Crippen molar-refractivity contribution in [1.29, 1.82) is 0 Å². The number of rotatable bonds is 5. The van der Waals surface area contributed by atoms with Crippen molar-refractivity contribution in [3.63, 3.8) is 0 Å². The maximum Gasteiger partial charge on any atom is 0.309 e. The zero-order chi connectivity index (χ0) is 12.0. The van der Waals surface area contributed by atoms with Crippen LogP contribution in [0.3, 0.4) is 0 Å². The van der Waals surface area contributed by atoms with E-state index in [0.29, 0.717) is 6.42 Å². The smallest absolute Gasteiger partial charge is 0.309 e. The molecule has 1 rings (SSSR count). The van der Waals surface area contributed by atoms with Crippen LogP contribution in [0.15, 0.2) is 36.9 Å². The molecule has 0 bridgehead atoms. The molecule has 0 saturated heterocycles. The molecular formula is C13H16O3. The second-order valence-electron chi connectivity index (χ2n) is 3.69. The Balaban J connectivity index is 2.50. The fraction of sp³-hybridized carbons (Fsp3) is 0.308. The summed E-state index contributed by atoms with van der Waals surface area (Å²) in [5, 5.41) is 9.11. The normalized spacial score (nSPS) is 11.8. The first-order valence-corrected chi connectivity index (χ1v) is 5.19. The van der Waals surface area contributed by atoms with Gasteiger partial charge < -0.3 is 9.84 Å². The van der Waals surface area contributed by atoms with E-state index in [1.165, 1.54) is 0 Å². The average molecular weight is 220 g/mol. The molecule has 0 fully saturated rings.